The summed E-state index contributed by atoms with van der Waals surface area (Å²) >= 11 is 1.95. The topological polar surface area (TPSA) is 84.4 Å². The summed E-state index contributed by atoms with van der Waals surface area (Å²) in [5.74, 6) is 4.79. The summed E-state index contributed by atoms with van der Waals surface area (Å²) < 4.78 is 11.6. The smallest absolute Gasteiger partial charge is 0.229 e. The zero-order valence-corrected chi connectivity index (χ0v) is 21.6. The van der Waals surface area contributed by atoms with Crippen LogP contribution in [-0.2, 0) is 12.2 Å². The molecule has 8 nitrogen and oxygen atoms in total. The van der Waals surface area contributed by atoms with Crippen molar-refractivity contribution in [3.8, 4) is 11.5 Å². The number of piperidine rings is 1. The third-order valence-electron chi connectivity index (χ3n) is 6.47. The predicted molar refractivity (Wildman–Crippen MR) is 146 cm³/mol. The van der Waals surface area contributed by atoms with Crippen LogP contribution in [-0.4, -0.2) is 59.0 Å². The summed E-state index contributed by atoms with van der Waals surface area (Å²) in [6.07, 6.45) is 9.65. The molecule has 2 aromatic heterocycles. The lowest BCUT2D eigenvalue weighted by Crippen LogP contribution is -2.31. The van der Waals surface area contributed by atoms with E-state index in [1.807, 2.05) is 42.2 Å². The lowest BCUT2D eigenvalue weighted by atomic mass is 10.1. The Kier molecular flexibility index (Phi) is 8.40. The van der Waals surface area contributed by atoms with E-state index in [0.29, 0.717) is 24.1 Å². The van der Waals surface area contributed by atoms with Crippen molar-refractivity contribution in [3.05, 3.63) is 54.0 Å². The highest BCUT2D eigenvalue weighted by molar-refractivity contribution is 7.98. The molecule has 1 saturated heterocycles. The Balaban J connectivity index is 1.17. The Morgan fingerprint density at radius 3 is 2.81 bits per heavy atom. The summed E-state index contributed by atoms with van der Waals surface area (Å²) in [6, 6.07) is 9.81. The van der Waals surface area contributed by atoms with Gasteiger partial charge in [-0.3, -0.25) is 4.98 Å². The minimum absolute atomic E-state index is 0.499. The molecule has 190 valence electrons. The van der Waals surface area contributed by atoms with Gasteiger partial charge in [-0.05, 0) is 74.4 Å². The van der Waals surface area contributed by atoms with Crippen LogP contribution in [0.1, 0.15) is 36.9 Å². The first-order valence-electron chi connectivity index (χ1n) is 12.7. The number of thioether (sulfide) groups is 1. The van der Waals surface area contributed by atoms with Crippen LogP contribution in [0.25, 0.3) is 0 Å². The highest BCUT2D eigenvalue weighted by Crippen LogP contribution is 2.31. The number of methoxy groups -OCH3 is 1. The molecule has 1 aromatic carbocycles. The van der Waals surface area contributed by atoms with Crippen molar-refractivity contribution in [1.29, 1.82) is 0 Å². The van der Waals surface area contributed by atoms with Crippen LogP contribution in [0.15, 0.2) is 42.7 Å². The van der Waals surface area contributed by atoms with Gasteiger partial charge in [-0.1, -0.05) is 6.42 Å². The molecule has 9 heteroatoms. The van der Waals surface area contributed by atoms with E-state index in [1.165, 1.54) is 43.6 Å². The van der Waals surface area contributed by atoms with E-state index < -0.39 is 0 Å². The van der Waals surface area contributed by atoms with E-state index in [2.05, 4.69) is 36.6 Å². The van der Waals surface area contributed by atoms with Gasteiger partial charge in [-0.15, -0.1) is 0 Å². The van der Waals surface area contributed by atoms with Crippen molar-refractivity contribution in [3.63, 3.8) is 0 Å². The van der Waals surface area contributed by atoms with E-state index in [4.69, 9.17) is 9.47 Å². The van der Waals surface area contributed by atoms with Crippen molar-refractivity contribution in [2.75, 3.05) is 49.7 Å². The van der Waals surface area contributed by atoms with Crippen molar-refractivity contribution in [2.24, 2.45) is 0 Å². The van der Waals surface area contributed by atoms with E-state index in [-0.39, 0.29) is 0 Å². The standard InChI is InChI=1S/C27H34N6O2S/c1-34-25-17-21(6-7-24(25)35-14-5-13-33-11-3-2-4-12-33)31-27-28-10-8-26(32-27)30-22-16-20-19-36-15-9-23(20)29-18-22/h6-8,10,16-18H,2-5,9,11-15,19H2,1H3,(H2,28,30,31,32). The Morgan fingerprint density at radius 1 is 1.00 bits per heavy atom. The van der Waals surface area contributed by atoms with Crippen molar-refractivity contribution in [1.82, 2.24) is 19.9 Å². The highest BCUT2D eigenvalue weighted by atomic mass is 32.2. The van der Waals surface area contributed by atoms with Gasteiger partial charge in [0.1, 0.15) is 5.82 Å². The van der Waals surface area contributed by atoms with Crippen LogP contribution in [0.2, 0.25) is 0 Å². The van der Waals surface area contributed by atoms with Gasteiger partial charge in [-0.25, -0.2) is 4.98 Å². The minimum atomic E-state index is 0.499. The number of aryl methyl sites for hydroxylation is 1. The van der Waals surface area contributed by atoms with Gasteiger partial charge in [0.05, 0.1) is 25.6 Å². The molecule has 0 radical (unpaired) electrons. The normalized spacial score (nSPS) is 15.7. The second kappa shape index (κ2) is 12.3. The summed E-state index contributed by atoms with van der Waals surface area (Å²) in [6.45, 7) is 4.19. The van der Waals surface area contributed by atoms with Crippen LogP contribution in [0.3, 0.4) is 0 Å². The van der Waals surface area contributed by atoms with Gasteiger partial charge < -0.3 is 25.0 Å². The van der Waals surface area contributed by atoms with Gasteiger partial charge in [0.2, 0.25) is 5.95 Å². The van der Waals surface area contributed by atoms with Crippen LogP contribution in [0.4, 0.5) is 23.1 Å². The second-order valence-corrected chi connectivity index (χ2v) is 10.2. The molecule has 0 aliphatic carbocycles. The number of nitrogens with one attached hydrogen (secondary N) is 2. The number of fused-ring (bicyclic) bond motifs is 1. The first-order chi connectivity index (χ1) is 17.8. The van der Waals surface area contributed by atoms with Crippen molar-refractivity contribution in [2.45, 2.75) is 37.9 Å². The van der Waals surface area contributed by atoms with E-state index in [9.17, 15) is 0 Å². The Bertz CT molecular complexity index is 1150. The van der Waals surface area contributed by atoms with Gasteiger partial charge in [0, 0.05) is 35.9 Å². The lowest BCUT2D eigenvalue weighted by molar-refractivity contribution is 0.203. The Hall–Kier alpha value is -3.04. The SMILES string of the molecule is COc1cc(Nc2nccc(Nc3cnc4c(c3)CSCC4)n2)ccc1OCCCN1CCCCC1. The zero-order valence-electron chi connectivity index (χ0n) is 20.8. The maximum atomic E-state index is 6.02. The number of aromatic nitrogens is 3. The summed E-state index contributed by atoms with van der Waals surface area (Å²) in [5, 5.41) is 6.62. The molecular weight excluding hydrogens is 472 g/mol. The van der Waals surface area contributed by atoms with Gasteiger partial charge in [-0.2, -0.15) is 16.7 Å². The molecule has 2 aliphatic heterocycles. The van der Waals surface area contributed by atoms with E-state index >= 15 is 0 Å². The molecule has 0 saturated carbocycles. The molecule has 2 N–H and O–H groups in total. The van der Waals surface area contributed by atoms with Crippen LogP contribution < -0.4 is 20.1 Å². The number of pyridine rings is 1. The monoisotopic (exact) mass is 506 g/mol. The van der Waals surface area contributed by atoms with Gasteiger partial charge in [0.25, 0.3) is 0 Å². The molecular formula is C27H34N6O2S. The quantitative estimate of drug-likeness (QED) is 0.351. The number of rotatable bonds is 10. The number of nitrogens with zero attached hydrogens (tertiary/aromatic N) is 4. The number of anilines is 4. The van der Waals surface area contributed by atoms with Crippen LogP contribution in [0.5, 0.6) is 11.5 Å². The van der Waals surface area contributed by atoms with Crippen molar-refractivity contribution >= 4 is 34.9 Å². The first-order valence-corrected chi connectivity index (χ1v) is 13.9. The van der Waals surface area contributed by atoms with E-state index in [0.717, 1.165) is 48.0 Å². The molecule has 0 spiro atoms. The molecule has 0 unspecified atom stereocenters. The molecule has 4 heterocycles. The third kappa shape index (κ3) is 6.59. The van der Waals surface area contributed by atoms with Gasteiger partial charge in [0.15, 0.2) is 11.5 Å². The van der Waals surface area contributed by atoms with Crippen LogP contribution >= 0.6 is 11.8 Å². The lowest BCUT2D eigenvalue weighted by Gasteiger charge is -2.26. The fraction of sp³-hybridized carbons (Fsp3) is 0.444. The Morgan fingerprint density at radius 2 is 1.92 bits per heavy atom. The molecule has 2 aliphatic rings. The Labute approximate surface area is 217 Å². The molecule has 1 fully saturated rings. The maximum absolute atomic E-state index is 6.02. The fourth-order valence-electron chi connectivity index (χ4n) is 4.59. The number of likely N-dealkylation sites (tertiary alicyclic amines) is 1. The molecule has 5 rings (SSSR count). The first kappa shape index (κ1) is 24.6. The number of hydrogen-bond donors (Lipinski definition) is 2. The largest absolute Gasteiger partial charge is 0.493 e. The van der Waals surface area contributed by atoms with Crippen molar-refractivity contribution < 1.29 is 9.47 Å². The number of benzene rings is 1. The summed E-state index contributed by atoms with van der Waals surface area (Å²) in [5.41, 5.74) is 4.26. The zero-order chi connectivity index (χ0) is 24.6. The minimum Gasteiger partial charge on any atom is -0.493 e. The molecule has 3 aromatic rings. The summed E-state index contributed by atoms with van der Waals surface area (Å²) in [4.78, 5) is 16.1. The highest BCUT2D eigenvalue weighted by Gasteiger charge is 2.13. The number of ether oxygens (including phenoxy) is 2. The molecule has 0 atom stereocenters. The molecule has 0 amide bonds. The summed E-state index contributed by atoms with van der Waals surface area (Å²) in [7, 11) is 1.66. The van der Waals surface area contributed by atoms with E-state index in [1.54, 1.807) is 13.3 Å². The maximum Gasteiger partial charge on any atom is 0.229 e. The molecule has 0 bridgehead atoms. The average molecular weight is 507 g/mol. The third-order valence-corrected chi connectivity index (χ3v) is 7.48. The fourth-order valence-corrected chi connectivity index (χ4v) is 5.54. The average Bonchev–Trinajstić information content (AvgIpc) is 2.92. The van der Waals surface area contributed by atoms with Gasteiger partial charge >= 0.3 is 0 Å². The van der Waals surface area contributed by atoms with Crippen LogP contribution in [0, 0.1) is 0 Å². The predicted octanol–water partition coefficient (Wildman–Crippen LogP) is 5.41. The second-order valence-electron chi connectivity index (χ2n) is 9.12. The molecule has 36 heavy (non-hydrogen) atoms. The number of hydrogen-bond acceptors (Lipinski definition) is 9.